The van der Waals surface area contributed by atoms with E-state index in [2.05, 4.69) is 4.99 Å². The highest BCUT2D eigenvalue weighted by atomic mass is 35.5. The second-order valence-corrected chi connectivity index (χ2v) is 3.17. The van der Waals surface area contributed by atoms with Gasteiger partial charge in [0.1, 0.15) is 5.58 Å². The lowest BCUT2D eigenvalue weighted by atomic mass is 10.1. The van der Waals surface area contributed by atoms with Crippen LogP contribution in [0.4, 0.5) is 0 Å². The summed E-state index contributed by atoms with van der Waals surface area (Å²) in [5.41, 5.74) is 1.53. The van der Waals surface area contributed by atoms with Crippen LogP contribution < -0.4 is 0 Å². The van der Waals surface area contributed by atoms with Gasteiger partial charge in [-0.2, -0.15) is 0 Å². The lowest BCUT2D eigenvalue weighted by Gasteiger charge is -2.00. The maximum Gasteiger partial charge on any atom is 0.235 e. The van der Waals surface area contributed by atoms with Crippen LogP contribution in [0, 0.1) is 0 Å². The fraction of sp³-hybridized carbons (Fsp3) is 0.100. The van der Waals surface area contributed by atoms with E-state index in [0.717, 1.165) is 16.5 Å². The standard InChI is InChI=1S/C10H6ClNO2/c11-9-1-2-10-7(3-4-14-10)8(9)5-12-6-13/h1-4H,5H2. The Kier molecular flexibility index (Phi) is 2.35. The Labute approximate surface area is 85.0 Å². The van der Waals surface area contributed by atoms with Gasteiger partial charge >= 0.3 is 0 Å². The van der Waals surface area contributed by atoms with Crippen LogP contribution in [-0.2, 0) is 11.3 Å². The molecule has 0 amide bonds. The molecule has 70 valence electrons. The molecule has 0 spiro atoms. The van der Waals surface area contributed by atoms with Gasteiger partial charge in [0.15, 0.2) is 0 Å². The zero-order valence-electron chi connectivity index (χ0n) is 7.16. The molecule has 4 heteroatoms. The van der Waals surface area contributed by atoms with Gasteiger partial charge in [-0.3, -0.25) is 0 Å². The smallest absolute Gasteiger partial charge is 0.235 e. The zero-order valence-corrected chi connectivity index (χ0v) is 7.91. The van der Waals surface area contributed by atoms with Crippen molar-refractivity contribution >= 4 is 28.7 Å². The molecule has 0 atom stereocenters. The lowest BCUT2D eigenvalue weighted by Crippen LogP contribution is -1.84. The van der Waals surface area contributed by atoms with Crippen molar-refractivity contribution in [2.24, 2.45) is 4.99 Å². The van der Waals surface area contributed by atoms with Crippen molar-refractivity contribution in [3.05, 3.63) is 35.0 Å². The first-order valence-electron chi connectivity index (χ1n) is 4.01. The van der Waals surface area contributed by atoms with Crippen molar-refractivity contribution in [3.8, 4) is 0 Å². The van der Waals surface area contributed by atoms with Crippen molar-refractivity contribution in [2.75, 3.05) is 0 Å². The number of aliphatic imine (C=N–C) groups is 1. The van der Waals surface area contributed by atoms with E-state index in [1.807, 2.05) is 0 Å². The van der Waals surface area contributed by atoms with Crippen LogP contribution in [0.1, 0.15) is 5.56 Å². The van der Waals surface area contributed by atoms with E-state index in [4.69, 9.17) is 16.0 Å². The van der Waals surface area contributed by atoms with E-state index in [0.29, 0.717) is 5.02 Å². The third-order valence-corrected chi connectivity index (χ3v) is 2.35. The Balaban J connectivity index is 2.63. The molecule has 0 saturated carbocycles. The highest BCUT2D eigenvalue weighted by Gasteiger charge is 2.07. The summed E-state index contributed by atoms with van der Waals surface area (Å²) < 4.78 is 5.19. The molecule has 2 rings (SSSR count). The fourth-order valence-corrected chi connectivity index (χ4v) is 1.57. The highest BCUT2D eigenvalue weighted by molar-refractivity contribution is 6.32. The van der Waals surface area contributed by atoms with Crippen molar-refractivity contribution in [2.45, 2.75) is 6.54 Å². The minimum Gasteiger partial charge on any atom is -0.464 e. The number of carbonyl (C=O) groups excluding carboxylic acids is 1. The summed E-state index contributed by atoms with van der Waals surface area (Å²) in [7, 11) is 0. The van der Waals surface area contributed by atoms with E-state index in [1.165, 1.54) is 6.08 Å². The number of hydrogen-bond acceptors (Lipinski definition) is 3. The normalized spacial score (nSPS) is 10.1. The van der Waals surface area contributed by atoms with Crippen molar-refractivity contribution < 1.29 is 9.21 Å². The number of rotatable bonds is 2. The molecule has 0 unspecified atom stereocenters. The first-order valence-corrected chi connectivity index (χ1v) is 4.39. The molecular formula is C10H6ClNO2. The maximum absolute atomic E-state index is 10.0. The molecule has 3 nitrogen and oxygen atoms in total. The molecular weight excluding hydrogens is 202 g/mol. The number of hydrogen-bond donors (Lipinski definition) is 0. The van der Waals surface area contributed by atoms with E-state index in [1.54, 1.807) is 24.5 Å². The van der Waals surface area contributed by atoms with Crippen molar-refractivity contribution in [1.82, 2.24) is 0 Å². The summed E-state index contributed by atoms with van der Waals surface area (Å²) in [4.78, 5) is 13.5. The summed E-state index contributed by atoms with van der Waals surface area (Å²) in [5.74, 6) is 0. The third-order valence-electron chi connectivity index (χ3n) is 1.99. The number of halogens is 1. The van der Waals surface area contributed by atoms with Gasteiger partial charge in [0.05, 0.1) is 12.8 Å². The van der Waals surface area contributed by atoms with Crippen LogP contribution in [0.3, 0.4) is 0 Å². The van der Waals surface area contributed by atoms with Gasteiger partial charge in [0.25, 0.3) is 0 Å². The van der Waals surface area contributed by atoms with Crippen LogP contribution in [0.15, 0.2) is 33.9 Å². The van der Waals surface area contributed by atoms with E-state index >= 15 is 0 Å². The molecule has 0 aliphatic carbocycles. The molecule has 2 aromatic rings. The van der Waals surface area contributed by atoms with E-state index in [-0.39, 0.29) is 6.54 Å². The van der Waals surface area contributed by atoms with Gasteiger partial charge in [-0.25, -0.2) is 9.79 Å². The van der Waals surface area contributed by atoms with Crippen LogP contribution >= 0.6 is 11.6 Å². The molecule has 14 heavy (non-hydrogen) atoms. The number of furan rings is 1. The number of benzene rings is 1. The monoisotopic (exact) mass is 207 g/mol. The van der Waals surface area contributed by atoms with Gasteiger partial charge in [0.2, 0.25) is 6.08 Å². The Morgan fingerprint density at radius 1 is 1.43 bits per heavy atom. The van der Waals surface area contributed by atoms with Crippen molar-refractivity contribution in [3.63, 3.8) is 0 Å². The van der Waals surface area contributed by atoms with Gasteiger partial charge in [-0.15, -0.1) is 0 Å². The molecule has 1 aromatic heterocycles. The van der Waals surface area contributed by atoms with Gasteiger partial charge in [-0.05, 0) is 18.2 Å². The first kappa shape index (κ1) is 9.00. The SMILES string of the molecule is O=C=NCc1c(Cl)ccc2occc12. The topological polar surface area (TPSA) is 42.6 Å². The molecule has 0 saturated heterocycles. The minimum absolute atomic E-state index is 0.235. The van der Waals surface area contributed by atoms with Crippen LogP contribution in [0.5, 0.6) is 0 Å². The maximum atomic E-state index is 10.0. The van der Waals surface area contributed by atoms with Gasteiger partial charge < -0.3 is 4.42 Å². The molecule has 0 aliphatic heterocycles. The predicted octanol–water partition coefficient (Wildman–Crippen LogP) is 2.92. The van der Waals surface area contributed by atoms with Crippen LogP contribution in [-0.4, -0.2) is 6.08 Å². The molecule has 0 fully saturated rings. The summed E-state index contributed by atoms with van der Waals surface area (Å²) in [6, 6.07) is 5.31. The summed E-state index contributed by atoms with van der Waals surface area (Å²) in [6.07, 6.45) is 3.06. The molecule has 0 bridgehead atoms. The Morgan fingerprint density at radius 2 is 2.29 bits per heavy atom. The summed E-state index contributed by atoms with van der Waals surface area (Å²) >= 11 is 5.96. The molecule has 0 radical (unpaired) electrons. The first-order chi connectivity index (χ1) is 6.83. The second kappa shape index (κ2) is 3.66. The average Bonchev–Trinajstić information content (AvgIpc) is 2.64. The van der Waals surface area contributed by atoms with E-state index < -0.39 is 0 Å². The Hall–Kier alpha value is -1.57. The third kappa shape index (κ3) is 1.43. The van der Waals surface area contributed by atoms with E-state index in [9.17, 15) is 4.79 Å². The predicted molar refractivity (Wildman–Crippen MR) is 53.0 cm³/mol. The Morgan fingerprint density at radius 3 is 3.07 bits per heavy atom. The van der Waals surface area contributed by atoms with Crippen LogP contribution in [0.2, 0.25) is 5.02 Å². The van der Waals surface area contributed by atoms with Crippen LogP contribution in [0.25, 0.3) is 11.0 Å². The van der Waals surface area contributed by atoms with Gasteiger partial charge in [0, 0.05) is 16.0 Å². The molecule has 0 N–H and O–H groups in total. The molecule has 1 aromatic carbocycles. The summed E-state index contributed by atoms with van der Waals surface area (Å²) in [6.45, 7) is 0.235. The molecule has 0 aliphatic rings. The minimum atomic E-state index is 0.235. The lowest BCUT2D eigenvalue weighted by molar-refractivity contribution is 0.563. The second-order valence-electron chi connectivity index (χ2n) is 2.77. The average molecular weight is 208 g/mol. The number of nitrogens with zero attached hydrogens (tertiary/aromatic N) is 1. The molecule has 1 heterocycles. The quantitative estimate of drug-likeness (QED) is 0.561. The van der Waals surface area contributed by atoms with Gasteiger partial charge in [-0.1, -0.05) is 11.6 Å². The number of isocyanates is 1. The highest BCUT2D eigenvalue weighted by Crippen LogP contribution is 2.27. The zero-order chi connectivity index (χ0) is 9.97. The summed E-state index contributed by atoms with van der Waals surface area (Å²) in [5, 5.41) is 1.47. The Bertz CT molecular complexity index is 512. The largest absolute Gasteiger partial charge is 0.464 e. The fourth-order valence-electron chi connectivity index (χ4n) is 1.35. The van der Waals surface area contributed by atoms with Crippen molar-refractivity contribution in [1.29, 1.82) is 0 Å². The number of fused-ring (bicyclic) bond motifs is 1.